The topological polar surface area (TPSA) is 0 Å². The minimum absolute atomic E-state index is 1.13. The molecule has 0 nitrogen and oxygen atoms in total. The zero-order chi connectivity index (χ0) is 5.11. The Morgan fingerprint density at radius 1 is 1.00 bits per heavy atom. The summed E-state index contributed by atoms with van der Waals surface area (Å²) in [5.41, 5.74) is 0. The van der Waals surface area contributed by atoms with E-state index in [9.17, 15) is 0 Å². The van der Waals surface area contributed by atoms with Crippen molar-refractivity contribution in [1.82, 2.24) is 0 Å². The Balaban J connectivity index is 2.12. The van der Waals surface area contributed by atoms with Gasteiger partial charge in [0.2, 0.25) is 0 Å². The molecule has 36 valence electrons. The van der Waals surface area contributed by atoms with Gasteiger partial charge in [-0.05, 0) is 0 Å². The summed E-state index contributed by atoms with van der Waals surface area (Å²) in [5, 5.41) is 0. The Bertz CT molecular complexity index is 46.1. The van der Waals surface area contributed by atoms with Crippen molar-refractivity contribution >= 4 is 22.5 Å². The van der Waals surface area contributed by atoms with E-state index in [2.05, 4.69) is 0 Å². The van der Waals surface area contributed by atoms with E-state index in [1.807, 2.05) is 0 Å². The first-order chi connectivity index (χ1) is 3.39. The first kappa shape index (κ1) is 5.93. The van der Waals surface area contributed by atoms with Crippen LogP contribution in [0.15, 0.2) is 0 Å². The Kier molecular flexibility index (Phi) is 2.50. The van der Waals surface area contributed by atoms with Crippen LogP contribution >= 0.6 is 0 Å². The van der Waals surface area contributed by atoms with E-state index in [1.54, 1.807) is 22.5 Å². The summed E-state index contributed by atoms with van der Waals surface area (Å²) >= 11 is 1.77. The summed E-state index contributed by atoms with van der Waals surface area (Å²) in [6, 6.07) is 0. The molecule has 1 heteroatoms. The monoisotopic (exact) mass is 203 g/mol. The molecule has 0 bridgehead atoms. The van der Waals surface area contributed by atoms with Gasteiger partial charge in [-0.1, -0.05) is 0 Å². The van der Waals surface area contributed by atoms with Crippen molar-refractivity contribution in [2.45, 2.75) is 36.0 Å². The molecule has 0 atom stereocenters. The maximum absolute atomic E-state index is 1.77. The van der Waals surface area contributed by atoms with Crippen LogP contribution in [0.25, 0.3) is 0 Å². The molecular formula is C6H11Sn+3. The average Bonchev–Trinajstić information content (AvgIpc) is 1.69. The van der Waals surface area contributed by atoms with Crippen molar-refractivity contribution in [2.75, 3.05) is 0 Å². The minimum atomic E-state index is 1.13. The van der Waals surface area contributed by atoms with E-state index in [0.717, 1.165) is 3.93 Å². The van der Waals surface area contributed by atoms with E-state index < -0.39 is 0 Å². The second-order valence-electron chi connectivity index (χ2n) is 2.33. The first-order valence-electron chi connectivity index (χ1n) is 3.11. The average molecular weight is 202 g/mol. The fourth-order valence-electron chi connectivity index (χ4n) is 1.10. The van der Waals surface area contributed by atoms with Crippen LogP contribution in [0.1, 0.15) is 32.1 Å². The standard InChI is InChI=1S/C6H11.Sn/c1-2-4-6-5-3-1;/h1H,2-6H2;/q;+3. The summed E-state index contributed by atoms with van der Waals surface area (Å²) in [7, 11) is 0. The molecule has 0 unspecified atom stereocenters. The molecule has 0 aliphatic heterocycles. The molecule has 1 saturated carbocycles. The Morgan fingerprint density at radius 3 is 1.86 bits per heavy atom. The van der Waals surface area contributed by atoms with E-state index >= 15 is 0 Å². The molecule has 7 heavy (non-hydrogen) atoms. The quantitative estimate of drug-likeness (QED) is 0.526. The van der Waals surface area contributed by atoms with Crippen molar-refractivity contribution in [3.05, 3.63) is 0 Å². The van der Waals surface area contributed by atoms with Crippen molar-refractivity contribution < 1.29 is 0 Å². The van der Waals surface area contributed by atoms with Crippen molar-refractivity contribution in [2.24, 2.45) is 0 Å². The summed E-state index contributed by atoms with van der Waals surface area (Å²) in [6.07, 6.45) is 7.58. The van der Waals surface area contributed by atoms with Gasteiger partial charge < -0.3 is 0 Å². The van der Waals surface area contributed by atoms with Crippen molar-refractivity contribution in [3.8, 4) is 0 Å². The molecule has 1 aliphatic rings. The Morgan fingerprint density at radius 2 is 1.57 bits per heavy atom. The first-order valence-corrected chi connectivity index (χ1v) is 4.75. The summed E-state index contributed by atoms with van der Waals surface area (Å²) < 4.78 is 1.13. The van der Waals surface area contributed by atoms with Crippen LogP contribution in [0.3, 0.4) is 0 Å². The molecule has 0 saturated heterocycles. The third-order valence-corrected chi connectivity index (χ3v) is 3.25. The molecule has 0 heterocycles. The molecule has 0 aromatic carbocycles. The van der Waals surface area contributed by atoms with Gasteiger partial charge in [0.15, 0.2) is 0 Å². The zero-order valence-electron chi connectivity index (χ0n) is 4.61. The predicted octanol–water partition coefficient (Wildman–Crippen LogP) is 1.91. The number of hydrogen-bond donors (Lipinski definition) is 0. The molecule has 0 radical (unpaired) electrons. The maximum atomic E-state index is 1.77. The molecule has 0 spiro atoms. The molecular weight excluding hydrogens is 191 g/mol. The number of rotatable bonds is 0. The fraction of sp³-hybridized carbons (Fsp3) is 1.00. The van der Waals surface area contributed by atoms with Gasteiger partial charge in [0.05, 0.1) is 0 Å². The van der Waals surface area contributed by atoms with Gasteiger partial charge in [-0.2, -0.15) is 0 Å². The van der Waals surface area contributed by atoms with E-state index in [1.165, 1.54) is 32.1 Å². The number of hydrogen-bond acceptors (Lipinski definition) is 0. The van der Waals surface area contributed by atoms with Crippen LogP contribution in [-0.2, 0) is 0 Å². The van der Waals surface area contributed by atoms with E-state index in [4.69, 9.17) is 0 Å². The van der Waals surface area contributed by atoms with E-state index in [-0.39, 0.29) is 0 Å². The van der Waals surface area contributed by atoms with Crippen LogP contribution < -0.4 is 0 Å². The third kappa shape index (κ3) is 2.02. The van der Waals surface area contributed by atoms with Gasteiger partial charge in [-0.15, -0.1) is 0 Å². The molecule has 0 aromatic heterocycles. The van der Waals surface area contributed by atoms with Crippen LogP contribution in [0.5, 0.6) is 0 Å². The van der Waals surface area contributed by atoms with E-state index in [0.29, 0.717) is 0 Å². The van der Waals surface area contributed by atoms with Gasteiger partial charge in [0, 0.05) is 0 Å². The Labute approximate surface area is 58.8 Å². The summed E-state index contributed by atoms with van der Waals surface area (Å²) in [4.78, 5) is 0. The summed E-state index contributed by atoms with van der Waals surface area (Å²) in [6.45, 7) is 0. The predicted molar refractivity (Wildman–Crippen MR) is 32.6 cm³/mol. The van der Waals surface area contributed by atoms with Gasteiger partial charge in [-0.25, -0.2) is 0 Å². The fourth-order valence-corrected chi connectivity index (χ4v) is 2.27. The van der Waals surface area contributed by atoms with Crippen molar-refractivity contribution in [1.29, 1.82) is 0 Å². The second kappa shape index (κ2) is 2.95. The third-order valence-electron chi connectivity index (χ3n) is 1.61. The second-order valence-corrected chi connectivity index (χ2v) is 4.67. The van der Waals surface area contributed by atoms with Gasteiger partial charge in [-0.3, -0.25) is 0 Å². The normalized spacial score (nSPS) is 25.4. The van der Waals surface area contributed by atoms with Crippen LogP contribution in [0.4, 0.5) is 0 Å². The molecule has 0 amide bonds. The van der Waals surface area contributed by atoms with Crippen LogP contribution in [0, 0.1) is 0 Å². The van der Waals surface area contributed by atoms with Crippen LogP contribution in [0.2, 0.25) is 3.93 Å². The molecule has 1 aliphatic carbocycles. The van der Waals surface area contributed by atoms with Gasteiger partial charge in [0.1, 0.15) is 0 Å². The SMILES string of the molecule is [Sn+3][CH]1CCCCC1. The zero-order valence-corrected chi connectivity index (χ0v) is 7.47. The van der Waals surface area contributed by atoms with Gasteiger partial charge in [0.25, 0.3) is 0 Å². The van der Waals surface area contributed by atoms with Gasteiger partial charge >= 0.3 is 58.6 Å². The molecule has 0 aromatic rings. The van der Waals surface area contributed by atoms with Crippen LogP contribution in [-0.4, -0.2) is 22.5 Å². The Hall–Kier alpha value is 0.799. The molecule has 1 rings (SSSR count). The van der Waals surface area contributed by atoms with Crippen molar-refractivity contribution in [3.63, 3.8) is 0 Å². The molecule has 0 N–H and O–H groups in total. The summed E-state index contributed by atoms with van der Waals surface area (Å²) in [5.74, 6) is 0. The molecule has 1 fully saturated rings.